The van der Waals surface area contributed by atoms with E-state index in [4.69, 9.17) is 4.74 Å². The molecule has 1 aromatic heterocycles. The number of fused-ring (bicyclic) bond motifs is 1. The van der Waals surface area contributed by atoms with Crippen molar-refractivity contribution in [1.29, 1.82) is 0 Å². The Morgan fingerprint density at radius 3 is 3.27 bits per heavy atom. The minimum Gasteiger partial charge on any atom is -0.364 e. The average Bonchev–Trinajstić information content (AvgIpc) is 2.73. The number of ether oxygens (including phenoxy) is 1. The van der Waals surface area contributed by atoms with E-state index < -0.39 is 0 Å². The van der Waals surface area contributed by atoms with Crippen LogP contribution in [0.2, 0.25) is 0 Å². The van der Waals surface area contributed by atoms with Crippen LogP contribution in [0.25, 0.3) is 11.0 Å². The SMILES string of the molecule is COCNC(=O)c1cccc2[nH]cnc12. The Hall–Kier alpha value is -1.88. The molecule has 0 aliphatic rings. The molecule has 0 bridgehead atoms. The maximum atomic E-state index is 11.7. The number of carbonyl (C=O) groups is 1. The van der Waals surface area contributed by atoms with Crippen LogP contribution in [-0.2, 0) is 4.74 Å². The molecule has 78 valence electrons. The number of nitrogens with zero attached hydrogens (tertiary/aromatic N) is 1. The Morgan fingerprint density at radius 1 is 1.60 bits per heavy atom. The van der Waals surface area contributed by atoms with Crippen molar-refractivity contribution in [1.82, 2.24) is 15.3 Å². The van der Waals surface area contributed by atoms with Gasteiger partial charge >= 0.3 is 0 Å². The summed E-state index contributed by atoms with van der Waals surface area (Å²) < 4.78 is 4.77. The van der Waals surface area contributed by atoms with Gasteiger partial charge in [0.2, 0.25) is 0 Å². The molecule has 5 nitrogen and oxygen atoms in total. The van der Waals surface area contributed by atoms with Crippen molar-refractivity contribution in [2.75, 3.05) is 13.8 Å². The Morgan fingerprint density at radius 2 is 2.47 bits per heavy atom. The summed E-state index contributed by atoms with van der Waals surface area (Å²) in [6.45, 7) is 0.194. The van der Waals surface area contributed by atoms with E-state index >= 15 is 0 Å². The van der Waals surface area contributed by atoms with E-state index in [0.717, 1.165) is 5.52 Å². The summed E-state index contributed by atoms with van der Waals surface area (Å²) in [5.74, 6) is -0.186. The third-order valence-corrected chi connectivity index (χ3v) is 2.07. The Labute approximate surface area is 86.5 Å². The molecular weight excluding hydrogens is 194 g/mol. The van der Waals surface area contributed by atoms with Crippen LogP contribution in [0.1, 0.15) is 10.4 Å². The third kappa shape index (κ3) is 1.82. The molecule has 2 aromatic rings. The molecule has 1 aromatic carbocycles. The molecule has 0 radical (unpaired) electrons. The van der Waals surface area contributed by atoms with Crippen molar-refractivity contribution in [3.63, 3.8) is 0 Å². The molecule has 1 heterocycles. The largest absolute Gasteiger partial charge is 0.364 e. The Kier molecular flexibility index (Phi) is 2.64. The zero-order valence-electron chi connectivity index (χ0n) is 8.28. The number of aromatic nitrogens is 2. The van der Waals surface area contributed by atoms with Gasteiger partial charge in [-0.2, -0.15) is 0 Å². The van der Waals surface area contributed by atoms with Crippen molar-refractivity contribution < 1.29 is 9.53 Å². The number of benzene rings is 1. The molecule has 0 aliphatic heterocycles. The molecular formula is C10H11N3O2. The first-order chi connectivity index (χ1) is 7.33. The van der Waals surface area contributed by atoms with Gasteiger partial charge in [0.25, 0.3) is 5.91 Å². The van der Waals surface area contributed by atoms with Crippen molar-refractivity contribution in [3.8, 4) is 0 Å². The highest BCUT2D eigenvalue weighted by Gasteiger charge is 2.10. The van der Waals surface area contributed by atoms with Gasteiger partial charge < -0.3 is 15.0 Å². The number of hydrogen-bond donors (Lipinski definition) is 2. The molecule has 15 heavy (non-hydrogen) atoms. The number of carbonyl (C=O) groups excluding carboxylic acids is 1. The minimum absolute atomic E-state index is 0.186. The van der Waals surface area contributed by atoms with Gasteiger partial charge in [0.1, 0.15) is 12.2 Å². The molecule has 5 heteroatoms. The first kappa shape index (κ1) is 9.67. The minimum atomic E-state index is -0.186. The van der Waals surface area contributed by atoms with Gasteiger partial charge in [0.15, 0.2) is 0 Å². The van der Waals surface area contributed by atoms with Crippen LogP contribution in [0.4, 0.5) is 0 Å². The number of methoxy groups -OCH3 is 1. The van der Waals surface area contributed by atoms with Gasteiger partial charge in [-0.25, -0.2) is 4.98 Å². The number of imidazole rings is 1. The molecule has 0 fully saturated rings. The average molecular weight is 205 g/mol. The predicted octanol–water partition coefficient (Wildman–Crippen LogP) is 0.897. The predicted molar refractivity (Wildman–Crippen MR) is 55.4 cm³/mol. The summed E-state index contributed by atoms with van der Waals surface area (Å²) in [7, 11) is 1.52. The van der Waals surface area contributed by atoms with E-state index in [0.29, 0.717) is 11.1 Å². The second-order valence-electron chi connectivity index (χ2n) is 3.04. The van der Waals surface area contributed by atoms with E-state index in [1.54, 1.807) is 12.4 Å². The second kappa shape index (κ2) is 4.10. The Bertz CT molecular complexity index is 478. The van der Waals surface area contributed by atoms with Crippen LogP contribution in [0.15, 0.2) is 24.5 Å². The van der Waals surface area contributed by atoms with Crippen LogP contribution in [0.3, 0.4) is 0 Å². The van der Waals surface area contributed by atoms with Crippen LogP contribution >= 0.6 is 0 Å². The first-order valence-electron chi connectivity index (χ1n) is 4.52. The van der Waals surface area contributed by atoms with Gasteiger partial charge in [-0.3, -0.25) is 4.79 Å². The number of H-pyrrole nitrogens is 1. The zero-order chi connectivity index (χ0) is 10.7. The summed E-state index contributed by atoms with van der Waals surface area (Å²) in [6.07, 6.45) is 1.57. The van der Waals surface area contributed by atoms with E-state index in [-0.39, 0.29) is 12.6 Å². The highest BCUT2D eigenvalue weighted by molar-refractivity contribution is 6.04. The number of aromatic amines is 1. The van der Waals surface area contributed by atoms with Gasteiger partial charge in [0, 0.05) is 7.11 Å². The van der Waals surface area contributed by atoms with Gasteiger partial charge in [-0.15, -0.1) is 0 Å². The number of hydrogen-bond acceptors (Lipinski definition) is 3. The summed E-state index contributed by atoms with van der Waals surface area (Å²) >= 11 is 0. The van der Waals surface area contributed by atoms with Crippen molar-refractivity contribution in [2.24, 2.45) is 0 Å². The first-order valence-corrected chi connectivity index (χ1v) is 4.52. The van der Waals surface area contributed by atoms with E-state index in [9.17, 15) is 4.79 Å². The monoisotopic (exact) mass is 205 g/mol. The normalized spacial score (nSPS) is 10.5. The van der Waals surface area contributed by atoms with Crippen molar-refractivity contribution >= 4 is 16.9 Å². The molecule has 1 amide bonds. The number of amides is 1. The topological polar surface area (TPSA) is 67.0 Å². The number of para-hydroxylation sites is 1. The van der Waals surface area contributed by atoms with Crippen molar-refractivity contribution in [3.05, 3.63) is 30.1 Å². The molecule has 2 rings (SSSR count). The van der Waals surface area contributed by atoms with E-state index in [1.807, 2.05) is 12.1 Å². The lowest BCUT2D eigenvalue weighted by Crippen LogP contribution is -2.25. The summed E-state index contributed by atoms with van der Waals surface area (Å²) in [6, 6.07) is 5.41. The highest BCUT2D eigenvalue weighted by atomic mass is 16.5. The van der Waals surface area contributed by atoms with Crippen LogP contribution in [0, 0.1) is 0 Å². The fraction of sp³-hybridized carbons (Fsp3) is 0.200. The van der Waals surface area contributed by atoms with E-state index in [1.165, 1.54) is 7.11 Å². The summed E-state index contributed by atoms with van der Waals surface area (Å²) in [5, 5.41) is 2.62. The third-order valence-electron chi connectivity index (χ3n) is 2.07. The maximum Gasteiger partial charge on any atom is 0.255 e. The molecule has 2 N–H and O–H groups in total. The van der Waals surface area contributed by atoms with Gasteiger partial charge in [-0.1, -0.05) is 6.07 Å². The van der Waals surface area contributed by atoms with E-state index in [2.05, 4.69) is 15.3 Å². The molecule has 0 atom stereocenters. The number of nitrogens with one attached hydrogen (secondary N) is 2. The van der Waals surface area contributed by atoms with Crippen LogP contribution in [-0.4, -0.2) is 29.7 Å². The lowest BCUT2D eigenvalue weighted by atomic mass is 10.2. The Balaban J connectivity index is 2.34. The molecule has 0 saturated heterocycles. The lowest BCUT2D eigenvalue weighted by molar-refractivity contribution is 0.0874. The zero-order valence-corrected chi connectivity index (χ0v) is 8.28. The second-order valence-corrected chi connectivity index (χ2v) is 3.04. The molecule has 0 unspecified atom stereocenters. The maximum absolute atomic E-state index is 11.7. The van der Waals surface area contributed by atoms with Crippen molar-refractivity contribution in [2.45, 2.75) is 0 Å². The molecule has 0 aliphatic carbocycles. The van der Waals surface area contributed by atoms with Gasteiger partial charge in [-0.05, 0) is 12.1 Å². The van der Waals surface area contributed by atoms with Crippen LogP contribution < -0.4 is 5.32 Å². The molecule has 0 spiro atoms. The lowest BCUT2D eigenvalue weighted by Gasteiger charge is -2.03. The quantitative estimate of drug-likeness (QED) is 0.731. The standard InChI is InChI=1S/C10H11N3O2/c1-15-6-13-10(14)7-3-2-4-8-9(7)12-5-11-8/h2-5H,6H2,1H3,(H,11,12)(H,13,14). The van der Waals surface area contributed by atoms with Crippen LogP contribution in [0.5, 0.6) is 0 Å². The summed E-state index contributed by atoms with van der Waals surface area (Å²) in [4.78, 5) is 18.7. The fourth-order valence-corrected chi connectivity index (χ4v) is 1.38. The summed E-state index contributed by atoms with van der Waals surface area (Å²) in [5.41, 5.74) is 2.07. The highest BCUT2D eigenvalue weighted by Crippen LogP contribution is 2.13. The fourth-order valence-electron chi connectivity index (χ4n) is 1.38. The van der Waals surface area contributed by atoms with Gasteiger partial charge in [0.05, 0.1) is 17.4 Å². The molecule has 0 saturated carbocycles. The number of rotatable bonds is 3. The smallest absolute Gasteiger partial charge is 0.255 e.